The topological polar surface area (TPSA) is 84.7 Å². The molecule has 0 aliphatic carbocycles. The van der Waals surface area contributed by atoms with Gasteiger partial charge >= 0.3 is 6.09 Å². The van der Waals surface area contributed by atoms with Crippen LogP contribution in [0.4, 0.5) is 10.5 Å². The third-order valence-electron chi connectivity index (χ3n) is 3.93. The summed E-state index contributed by atoms with van der Waals surface area (Å²) in [6, 6.07) is 7.10. The molecule has 1 aliphatic rings. The summed E-state index contributed by atoms with van der Waals surface area (Å²) in [5.41, 5.74) is 6.20. The summed E-state index contributed by atoms with van der Waals surface area (Å²) in [7, 11) is 0. The van der Waals surface area contributed by atoms with Crippen molar-refractivity contribution in [1.29, 1.82) is 0 Å². The molecule has 1 aromatic rings. The van der Waals surface area contributed by atoms with Crippen molar-refractivity contribution in [3.05, 3.63) is 29.8 Å². The van der Waals surface area contributed by atoms with Gasteiger partial charge in [-0.15, -0.1) is 0 Å². The average molecular weight is 333 g/mol. The van der Waals surface area contributed by atoms with Gasteiger partial charge in [-0.25, -0.2) is 4.79 Å². The maximum absolute atomic E-state index is 12.2. The second-order valence-corrected chi connectivity index (χ2v) is 7.26. The van der Waals surface area contributed by atoms with E-state index in [0.29, 0.717) is 18.0 Å². The van der Waals surface area contributed by atoms with Crippen molar-refractivity contribution in [3.63, 3.8) is 0 Å². The first-order valence-electron chi connectivity index (χ1n) is 8.36. The van der Waals surface area contributed by atoms with E-state index in [1.54, 1.807) is 17.0 Å². The number of hydrogen-bond donors (Lipinski definition) is 2. The lowest BCUT2D eigenvalue weighted by molar-refractivity contribution is 0.0172. The van der Waals surface area contributed by atoms with E-state index in [0.717, 1.165) is 31.6 Å². The van der Waals surface area contributed by atoms with Gasteiger partial charge in [0, 0.05) is 30.9 Å². The van der Waals surface area contributed by atoms with Crippen molar-refractivity contribution >= 4 is 17.7 Å². The monoisotopic (exact) mass is 333 g/mol. The summed E-state index contributed by atoms with van der Waals surface area (Å²) in [6.07, 6.45) is 1.82. The van der Waals surface area contributed by atoms with E-state index in [4.69, 9.17) is 10.5 Å². The molecule has 2 amide bonds. The van der Waals surface area contributed by atoms with Crippen LogP contribution >= 0.6 is 0 Å². The molecule has 1 saturated heterocycles. The summed E-state index contributed by atoms with van der Waals surface area (Å²) >= 11 is 0. The lowest BCUT2D eigenvalue weighted by Gasteiger charge is -2.34. The number of benzene rings is 1. The maximum Gasteiger partial charge on any atom is 0.410 e. The van der Waals surface area contributed by atoms with Gasteiger partial charge in [0.05, 0.1) is 0 Å². The average Bonchev–Trinajstić information content (AvgIpc) is 2.52. The number of piperidine rings is 1. The van der Waals surface area contributed by atoms with Gasteiger partial charge in [-0.3, -0.25) is 4.79 Å². The maximum atomic E-state index is 12.2. The number of amides is 2. The van der Waals surface area contributed by atoms with Crippen LogP contribution in [0.1, 0.15) is 44.0 Å². The minimum absolute atomic E-state index is 0.238. The number of nitrogens with zero attached hydrogens (tertiary/aromatic N) is 1. The standard InChI is InChI=1S/C18H27N3O3/c1-18(2,3)24-17(23)21-10-4-5-13(12-21)11-20-15-8-6-14(7-9-15)16(19)22/h6-9,13,20H,4-5,10-12H2,1-3H3,(H2,19,22). The van der Waals surface area contributed by atoms with Crippen molar-refractivity contribution in [2.75, 3.05) is 25.0 Å². The van der Waals surface area contributed by atoms with Crippen LogP contribution < -0.4 is 11.1 Å². The van der Waals surface area contributed by atoms with Crippen LogP contribution in [0.15, 0.2) is 24.3 Å². The molecule has 1 unspecified atom stereocenters. The van der Waals surface area contributed by atoms with Crippen LogP contribution in [0.25, 0.3) is 0 Å². The van der Waals surface area contributed by atoms with Gasteiger partial charge in [-0.05, 0) is 63.8 Å². The number of rotatable bonds is 4. The number of primary amides is 1. The fourth-order valence-electron chi connectivity index (χ4n) is 2.74. The first-order valence-corrected chi connectivity index (χ1v) is 8.36. The van der Waals surface area contributed by atoms with Gasteiger partial charge in [0.15, 0.2) is 0 Å². The van der Waals surface area contributed by atoms with Gasteiger partial charge in [0.2, 0.25) is 5.91 Å². The summed E-state index contributed by atoms with van der Waals surface area (Å²) < 4.78 is 5.45. The van der Waals surface area contributed by atoms with Gasteiger partial charge in [-0.2, -0.15) is 0 Å². The van der Waals surface area contributed by atoms with Gasteiger partial charge < -0.3 is 20.7 Å². The second-order valence-electron chi connectivity index (χ2n) is 7.26. The number of anilines is 1. The minimum atomic E-state index is -0.468. The highest BCUT2D eigenvalue weighted by molar-refractivity contribution is 5.93. The zero-order valence-electron chi connectivity index (χ0n) is 14.7. The summed E-state index contributed by atoms with van der Waals surface area (Å²) in [4.78, 5) is 25.0. The number of nitrogens with two attached hydrogens (primary N) is 1. The van der Waals surface area contributed by atoms with Crippen LogP contribution in [0.3, 0.4) is 0 Å². The molecule has 2 rings (SSSR count). The fourth-order valence-corrected chi connectivity index (χ4v) is 2.74. The molecule has 3 N–H and O–H groups in total. The highest BCUT2D eigenvalue weighted by Gasteiger charge is 2.27. The first-order chi connectivity index (χ1) is 11.2. The minimum Gasteiger partial charge on any atom is -0.444 e. The van der Waals surface area contributed by atoms with Crippen molar-refractivity contribution in [3.8, 4) is 0 Å². The first kappa shape index (κ1) is 18.1. The third-order valence-corrected chi connectivity index (χ3v) is 3.93. The highest BCUT2D eigenvalue weighted by atomic mass is 16.6. The molecule has 0 radical (unpaired) electrons. The molecule has 6 heteroatoms. The number of carbonyl (C=O) groups is 2. The molecule has 0 bridgehead atoms. The molecule has 1 aliphatic heterocycles. The summed E-state index contributed by atoms with van der Waals surface area (Å²) in [5, 5.41) is 3.36. The quantitative estimate of drug-likeness (QED) is 0.887. The Bertz CT molecular complexity index is 578. The lowest BCUT2D eigenvalue weighted by Crippen LogP contribution is -2.44. The molecule has 1 heterocycles. The van der Waals surface area contributed by atoms with Crippen molar-refractivity contribution in [2.45, 2.75) is 39.2 Å². The van der Waals surface area contributed by atoms with Gasteiger partial charge in [0.1, 0.15) is 5.60 Å². The zero-order valence-corrected chi connectivity index (χ0v) is 14.7. The Kier molecular flexibility index (Phi) is 5.70. The lowest BCUT2D eigenvalue weighted by atomic mass is 9.98. The van der Waals surface area contributed by atoms with E-state index in [1.165, 1.54) is 0 Å². The molecule has 6 nitrogen and oxygen atoms in total. The van der Waals surface area contributed by atoms with Crippen LogP contribution in [-0.2, 0) is 4.74 Å². The van der Waals surface area contributed by atoms with Crippen molar-refractivity contribution in [2.24, 2.45) is 11.7 Å². The second kappa shape index (κ2) is 7.55. The predicted molar refractivity (Wildman–Crippen MR) is 94.0 cm³/mol. The van der Waals surface area contributed by atoms with E-state index in [1.807, 2.05) is 32.9 Å². The smallest absolute Gasteiger partial charge is 0.410 e. The largest absolute Gasteiger partial charge is 0.444 e. The molecule has 1 aromatic carbocycles. The molecule has 0 aromatic heterocycles. The molecule has 132 valence electrons. The van der Waals surface area contributed by atoms with E-state index in [-0.39, 0.29) is 6.09 Å². The van der Waals surface area contributed by atoms with E-state index < -0.39 is 11.5 Å². The fraction of sp³-hybridized carbons (Fsp3) is 0.556. The van der Waals surface area contributed by atoms with Crippen molar-refractivity contribution in [1.82, 2.24) is 4.90 Å². The van der Waals surface area contributed by atoms with E-state index >= 15 is 0 Å². The number of likely N-dealkylation sites (tertiary alicyclic amines) is 1. The van der Waals surface area contributed by atoms with Crippen LogP contribution in [0, 0.1) is 5.92 Å². The molecular formula is C18H27N3O3. The van der Waals surface area contributed by atoms with Crippen molar-refractivity contribution < 1.29 is 14.3 Å². The molecule has 0 saturated carbocycles. The Balaban J connectivity index is 1.84. The number of nitrogens with one attached hydrogen (secondary N) is 1. The Labute approximate surface area is 143 Å². The summed E-state index contributed by atoms with van der Waals surface area (Å²) in [6.45, 7) is 7.85. The molecule has 1 atom stereocenters. The van der Waals surface area contributed by atoms with Crippen LogP contribution in [-0.4, -0.2) is 42.1 Å². The van der Waals surface area contributed by atoms with Crippen LogP contribution in [0.2, 0.25) is 0 Å². The Hall–Kier alpha value is -2.24. The Morgan fingerprint density at radius 1 is 1.29 bits per heavy atom. The number of hydrogen-bond acceptors (Lipinski definition) is 4. The zero-order chi connectivity index (χ0) is 17.7. The van der Waals surface area contributed by atoms with Crippen LogP contribution in [0.5, 0.6) is 0 Å². The third kappa shape index (κ3) is 5.44. The molecular weight excluding hydrogens is 306 g/mol. The Morgan fingerprint density at radius 2 is 1.96 bits per heavy atom. The Morgan fingerprint density at radius 3 is 2.54 bits per heavy atom. The molecule has 1 fully saturated rings. The predicted octanol–water partition coefficient (Wildman–Crippen LogP) is 2.84. The normalized spacial score (nSPS) is 18.1. The van der Waals surface area contributed by atoms with E-state index in [9.17, 15) is 9.59 Å². The SMILES string of the molecule is CC(C)(C)OC(=O)N1CCCC(CNc2ccc(C(N)=O)cc2)C1. The highest BCUT2D eigenvalue weighted by Crippen LogP contribution is 2.20. The van der Waals surface area contributed by atoms with Gasteiger partial charge in [-0.1, -0.05) is 0 Å². The molecule has 24 heavy (non-hydrogen) atoms. The van der Waals surface area contributed by atoms with E-state index in [2.05, 4.69) is 5.32 Å². The molecule has 0 spiro atoms. The number of ether oxygens (including phenoxy) is 1. The number of carbonyl (C=O) groups excluding carboxylic acids is 2. The van der Waals surface area contributed by atoms with Gasteiger partial charge in [0.25, 0.3) is 0 Å². The summed E-state index contributed by atoms with van der Waals surface area (Å²) in [5.74, 6) is -0.0519.